The van der Waals surface area contributed by atoms with Crippen molar-refractivity contribution >= 4 is 67.8 Å². The number of ether oxygens (including phenoxy) is 1. The summed E-state index contributed by atoms with van der Waals surface area (Å²) < 4.78 is 41.0. The molecular weight excluding hydrogens is 540 g/mol. The zero-order chi connectivity index (χ0) is 10.9. The largest absolute Gasteiger partial charge is 0.573 e. The minimum absolute atomic E-state index is 0.199. The predicted molar refractivity (Wildman–Crippen MR) is 69.1 cm³/mol. The lowest BCUT2D eigenvalue weighted by Gasteiger charge is -2.12. The van der Waals surface area contributed by atoms with Gasteiger partial charge >= 0.3 is 6.36 Å². The van der Waals surface area contributed by atoms with Crippen molar-refractivity contribution in [3.8, 4) is 5.75 Å². The van der Waals surface area contributed by atoms with E-state index in [-0.39, 0.29) is 9.45 Å². The maximum absolute atomic E-state index is 12.0. The summed E-state index contributed by atoms with van der Waals surface area (Å²) >= 11 is 5.39. The summed E-state index contributed by atoms with van der Waals surface area (Å²) in [6.45, 7) is 0. The Morgan fingerprint density at radius 2 is 1.79 bits per heavy atom. The number of aromatic nitrogens is 1. The number of hydrogen-bond acceptors (Lipinski definition) is 2. The van der Waals surface area contributed by atoms with E-state index in [4.69, 9.17) is 0 Å². The monoisotopic (exact) mass is 541 g/mol. The molecule has 0 spiro atoms. The second kappa shape index (κ2) is 4.84. The highest BCUT2D eigenvalue weighted by Crippen LogP contribution is 2.33. The van der Waals surface area contributed by atoms with E-state index in [0.717, 1.165) is 0 Å². The normalized spacial score (nSPS) is 11.6. The fourth-order valence-corrected chi connectivity index (χ4v) is 2.55. The van der Waals surface area contributed by atoms with Crippen LogP contribution in [0.25, 0.3) is 0 Å². The summed E-state index contributed by atoms with van der Waals surface area (Å²) in [4.78, 5) is 3.77. The predicted octanol–water partition coefficient (Wildman–Crippen LogP) is 3.79. The van der Waals surface area contributed by atoms with Crippen molar-refractivity contribution in [1.82, 2.24) is 4.98 Å². The average Bonchev–Trinajstić information content (AvgIpc) is 2.04. The van der Waals surface area contributed by atoms with Crippen LogP contribution >= 0.6 is 67.8 Å². The molecule has 0 radical (unpaired) electrons. The molecule has 2 nitrogen and oxygen atoms in total. The highest BCUT2D eigenvalue weighted by molar-refractivity contribution is 14.1. The molecule has 0 saturated carbocycles. The summed E-state index contributed by atoms with van der Waals surface area (Å²) in [5.74, 6) is -0.231. The molecule has 0 atom stereocenters. The smallest absolute Gasteiger partial charge is 0.402 e. The van der Waals surface area contributed by atoms with Gasteiger partial charge in [-0.15, -0.1) is 13.2 Å². The molecule has 0 fully saturated rings. The van der Waals surface area contributed by atoms with E-state index in [1.807, 2.05) is 22.6 Å². The number of halogens is 6. The Morgan fingerprint density at radius 3 is 2.29 bits per heavy atom. The zero-order valence-electron chi connectivity index (χ0n) is 6.20. The van der Waals surface area contributed by atoms with Crippen molar-refractivity contribution in [2.24, 2.45) is 0 Å². The zero-order valence-corrected chi connectivity index (χ0v) is 12.7. The Balaban J connectivity index is 3.13. The van der Waals surface area contributed by atoms with Gasteiger partial charge in [0.1, 0.15) is 3.70 Å². The van der Waals surface area contributed by atoms with Gasteiger partial charge < -0.3 is 4.74 Å². The van der Waals surface area contributed by atoms with Gasteiger partial charge in [0, 0.05) is 9.77 Å². The van der Waals surface area contributed by atoms with Gasteiger partial charge in [0.2, 0.25) is 0 Å². The summed E-state index contributed by atoms with van der Waals surface area (Å²) in [7, 11) is 0. The molecule has 78 valence electrons. The van der Waals surface area contributed by atoms with Crippen LogP contribution in [-0.4, -0.2) is 11.3 Å². The van der Waals surface area contributed by atoms with Gasteiger partial charge in [-0.1, -0.05) is 0 Å². The van der Waals surface area contributed by atoms with Crippen LogP contribution in [0.4, 0.5) is 13.2 Å². The molecule has 0 bridgehead atoms. The lowest BCUT2D eigenvalue weighted by molar-refractivity contribution is -0.275. The first-order chi connectivity index (χ1) is 6.31. The Morgan fingerprint density at radius 1 is 1.21 bits per heavy atom. The van der Waals surface area contributed by atoms with Gasteiger partial charge in [0.15, 0.2) is 5.75 Å². The van der Waals surface area contributed by atoms with Crippen LogP contribution in [0.15, 0.2) is 6.20 Å². The van der Waals surface area contributed by atoms with Crippen LogP contribution in [0.5, 0.6) is 5.75 Å². The van der Waals surface area contributed by atoms with Crippen LogP contribution in [0.1, 0.15) is 0 Å². The molecule has 1 rings (SSSR count). The first kappa shape index (κ1) is 13.0. The van der Waals surface area contributed by atoms with Crippen molar-refractivity contribution in [2.75, 3.05) is 0 Å². The quantitative estimate of drug-likeness (QED) is 0.400. The Kier molecular flexibility index (Phi) is 4.50. The van der Waals surface area contributed by atoms with E-state index >= 15 is 0 Å². The maximum atomic E-state index is 12.0. The molecule has 1 aromatic heterocycles. The van der Waals surface area contributed by atoms with Crippen LogP contribution in [0, 0.1) is 10.8 Å². The molecule has 1 aromatic rings. The molecule has 1 heterocycles. The van der Waals surface area contributed by atoms with Gasteiger partial charge in [0.05, 0.1) is 3.57 Å². The standard InChI is InChI=1S/C6HF3I3NO/c7-6(8,9)14-4-3(11)2(10)1-13-5(4)12/h1H. The summed E-state index contributed by atoms with van der Waals surface area (Å²) in [5, 5.41) is 0. The SMILES string of the molecule is FC(F)(F)Oc1c(I)ncc(I)c1I. The first-order valence-electron chi connectivity index (χ1n) is 3.06. The van der Waals surface area contributed by atoms with E-state index in [0.29, 0.717) is 7.14 Å². The van der Waals surface area contributed by atoms with E-state index in [1.165, 1.54) is 6.20 Å². The molecular formula is C6HF3I3NO. The van der Waals surface area contributed by atoms with Crippen molar-refractivity contribution in [1.29, 1.82) is 0 Å². The molecule has 14 heavy (non-hydrogen) atoms. The fourth-order valence-electron chi connectivity index (χ4n) is 0.630. The average molecular weight is 541 g/mol. The molecule has 0 aliphatic heterocycles. The number of pyridine rings is 1. The van der Waals surface area contributed by atoms with Gasteiger partial charge in [0.25, 0.3) is 0 Å². The van der Waals surface area contributed by atoms with Crippen LogP contribution in [-0.2, 0) is 0 Å². The maximum Gasteiger partial charge on any atom is 0.573 e. The van der Waals surface area contributed by atoms with E-state index in [9.17, 15) is 13.2 Å². The van der Waals surface area contributed by atoms with Crippen LogP contribution in [0.3, 0.4) is 0 Å². The van der Waals surface area contributed by atoms with Gasteiger partial charge in [-0.25, -0.2) is 4.98 Å². The van der Waals surface area contributed by atoms with Crippen LogP contribution in [0.2, 0.25) is 0 Å². The Labute approximate surface area is 118 Å². The molecule has 0 aromatic carbocycles. The Bertz CT molecular complexity index is 355. The Hall–Kier alpha value is 0.930. The fraction of sp³-hybridized carbons (Fsp3) is 0.167. The van der Waals surface area contributed by atoms with Crippen molar-refractivity contribution in [3.63, 3.8) is 0 Å². The third-order valence-electron chi connectivity index (χ3n) is 1.11. The second-order valence-corrected chi connectivity index (χ2v) is 5.35. The summed E-state index contributed by atoms with van der Waals surface area (Å²) in [6, 6.07) is 0. The van der Waals surface area contributed by atoms with E-state index in [2.05, 4.69) is 9.72 Å². The lowest BCUT2D eigenvalue weighted by atomic mass is 10.5. The number of rotatable bonds is 1. The number of hydrogen-bond donors (Lipinski definition) is 0. The minimum Gasteiger partial charge on any atom is -0.402 e. The summed E-state index contributed by atoms with van der Waals surface area (Å²) in [6.07, 6.45) is -3.18. The third-order valence-corrected chi connectivity index (χ3v) is 4.79. The van der Waals surface area contributed by atoms with Crippen molar-refractivity contribution in [3.05, 3.63) is 17.0 Å². The van der Waals surface area contributed by atoms with Gasteiger partial charge in [-0.2, -0.15) is 0 Å². The highest BCUT2D eigenvalue weighted by Gasteiger charge is 2.33. The third kappa shape index (κ3) is 3.50. The molecule has 0 aliphatic rings. The van der Waals surface area contributed by atoms with Crippen LogP contribution < -0.4 is 4.74 Å². The first-order valence-corrected chi connectivity index (χ1v) is 6.30. The second-order valence-electron chi connectivity index (χ2n) is 2.09. The molecule has 0 amide bonds. The molecule has 8 heteroatoms. The topological polar surface area (TPSA) is 22.1 Å². The van der Waals surface area contributed by atoms with Gasteiger partial charge in [-0.05, 0) is 67.8 Å². The molecule has 0 saturated heterocycles. The molecule has 0 N–H and O–H groups in total. The van der Waals surface area contributed by atoms with E-state index in [1.54, 1.807) is 45.2 Å². The number of alkyl halides is 3. The van der Waals surface area contributed by atoms with Crippen molar-refractivity contribution in [2.45, 2.75) is 6.36 Å². The highest BCUT2D eigenvalue weighted by atomic mass is 127. The minimum atomic E-state index is -4.67. The van der Waals surface area contributed by atoms with Gasteiger partial charge in [-0.3, -0.25) is 0 Å². The summed E-state index contributed by atoms with van der Waals surface area (Å²) in [5.41, 5.74) is 0. The number of nitrogens with zero attached hydrogens (tertiary/aromatic N) is 1. The van der Waals surface area contributed by atoms with Crippen molar-refractivity contribution < 1.29 is 17.9 Å². The molecule has 0 unspecified atom stereocenters. The van der Waals surface area contributed by atoms with E-state index < -0.39 is 6.36 Å². The lowest BCUT2D eigenvalue weighted by Crippen LogP contribution is -2.19. The molecule has 0 aliphatic carbocycles.